The molecule has 3 rings (SSSR count). The molecule has 8 heteroatoms. The van der Waals surface area contributed by atoms with E-state index in [2.05, 4.69) is 10.3 Å². The summed E-state index contributed by atoms with van der Waals surface area (Å²) in [5.74, 6) is 0.541. The van der Waals surface area contributed by atoms with Crippen LogP contribution in [0.4, 0.5) is 11.5 Å². The fourth-order valence-electron chi connectivity index (χ4n) is 2.91. The molecule has 1 aromatic heterocycles. The highest BCUT2D eigenvalue weighted by atomic mass is 16.6. The molecule has 0 unspecified atom stereocenters. The van der Waals surface area contributed by atoms with E-state index in [1.807, 2.05) is 4.90 Å². The van der Waals surface area contributed by atoms with E-state index in [1.165, 1.54) is 12.3 Å². The van der Waals surface area contributed by atoms with E-state index in [9.17, 15) is 19.7 Å². The average molecular weight is 354 g/mol. The van der Waals surface area contributed by atoms with Gasteiger partial charge < -0.3 is 10.2 Å². The third kappa shape index (κ3) is 4.02. The number of pyridine rings is 1. The number of nitro groups is 1. The minimum atomic E-state index is -0.472. The molecule has 26 heavy (non-hydrogen) atoms. The fraction of sp³-hybridized carbons (Fsp3) is 0.278. The van der Waals surface area contributed by atoms with Crippen molar-refractivity contribution in [3.05, 3.63) is 63.8 Å². The number of aldehydes is 1. The van der Waals surface area contributed by atoms with E-state index in [0.717, 1.165) is 19.1 Å². The number of hydrogen-bond donors (Lipinski definition) is 1. The summed E-state index contributed by atoms with van der Waals surface area (Å²) in [5.41, 5.74) is 1.03. The van der Waals surface area contributed by atoms with Gasteiger partial charge in [0.1, 0.15) is 18.3 Å². The normalized spacial score (nSPS) is 14.7. The average Bonchev–Trinajstić information content (AvgIpc) is 2.68. The van der Waals surface area contributed by atoms with Gasteiger partial charge in [-0.05, 0) is 31.0 Å². The number of carbonyl (C=O) groups excluding carboxylic acids is 2. The number of rotatable bonds is 5. The maximum atomic E-state index is 12.3. The van der Waals surface area contributed by atoms with Crippen LogP contribution in [0.5, 0.6) is 0 Å². The molecule has 2 aromatic rings. The third-order valence-corrected chi connectivity index (χ3v) is 4.41. The lowest BCUT2D eigenvalue weighted by atomic mass is 10.0. The summed E-state index contributed by atoms with van der Waals surface area (Å²) in [6.45, 7) is 1.42. The van der Waals surface area contributed by atoms with Gasteiger partial charge >= 0.3 is 0 Å². The van der Waals surface area contributed by atoms with Crippen LogP contribution in [0.3, 0.4) is 0 Å². The van der Waals surface area contributed by atoms with Crippen LogP contribution in [-0.2, 0) is 0 Å². The monoisotopic (exact) mass is 354 g/mol. The molecule has 1 aliphatic rings. The van der Waals surface area contributed by atoms with Crippen LogP contribution in [0.15, 0.2) is 42.6 Å². The summed E-state index contributed by atoms with van der Waals surface area (Å²) >= 11 is 0. The van der Waals surface area contributed by atoms with Gasteiger partial charge in [0.25, 0.3) is 11.6 Å². The van der Waals surface area contributed by atoms with Crippen molar-refractivity contribution in [2.45, 2.75) is 18.9 Å². The zero-order valence-electron chi connectivity index (χ0n) is 14.0. The number of anilines is 1. The lowest BCUT2D eigenvalue weighted by Gasteiger charge is -2.33. The van der Waals surface area contributed by atoms with Crippen LogP contribution < -0.4 is 10.2 Å². The second-order valence-electron chi connectivity index (χ2n) is 6.11. The highest BCUT2D eigenvalue weighted by molar-refractivity contribution is 5.95. The summed E-state index contributed by atoms with van der Waals surface area (Å²) in [6, 6.07) is 9.65. The first kappa shape index (κ1) is 17.5. The van der Waals surface area contributed by atoms with Crippen molar-refractivity contribution in [2.24, 2.45) is 0 Å². The van der Waals surface area contributed by atoms with E-state index in [-0.39, 0.29) is 17.6 Å². The highest BCUT2D eigenvalue weighted by Gasteiger charge is 2.22. The summed E-state index contributed by atoms with van der Waals surface area (Å²) in [4.78, 5) is 39.3. The second kappa shape index (κ2) is 7.73. The third-order valence-electron chi connectivity index (χ3n) is 4.41. The van der Waals surface area contributed by atoms with Gasteiger partial charge in [0, 0.05) is 36.3 Å². The minimum absolute atomic E-state index is 0.0310. The van der Waals surface area contributed by atoms with E-state index in [0.29, 0.717) is 30.0 Å². The Morgan fingerprint density at radius 2 is 1.88 bits per heavy atom. The lowest BCUT2D eigenvalue weighted by molar-refractivity contribution is -0.385. The minimum Gasteiger partial charge on any atom is -0.356 e. The molecule has 1 aliphatic heterocycles. The topological polar surface area (TPSA) is 105 Å². The van der Waals surface area contributed by atoms with E-state index in [1.54, 1.807) is 30.3 Å². The number of amides is 1. The van der Waals surface area contributed by atoms with Gasteiger partial charge in [0.2, 0.25) is 0 Å². The van der Waals surface area contributed by atoms with Crippen LogP contribution in [0.25, 0.3) is 0 Å². The zero-order chi connectivity index (χ0) is 18.5. The molecule has 1 aromatic carbocycles. The predicted octanol–water partition coefficient (Wildman–Crippen LogP) is 2.20. The summed E-state index contributed by atoms with van der Waals surface area (Å²) in [5, 5.41) is 13.7. The SMILES string of the molecule is O=Cc1ccc(C(=O)NC2CCN(c3ccc([N+](=O)[O-])cn3)CC2)cc1. The number of hydrogen-bond acceptors (Lipinski definition) is 6. The van der Waals surface area contributed by atoms with Crippen LogP contribution in [0.1, 0.15) is 33.6 Å². The number of aromatic nitrogens is 1. The Bertz CT molecular complexity index is 797. The van der Waals surface area contributed by atoms with Crippen molar-refractivity contribution in [3.8, 4) is 0 Å². The van der Waals surface area contributed by atoms with Gasteiger partial charge in [-0.25, -0.2) is 4.98 Å². The Labute approximate surface area is 150 Å². The summed E-state index contributed by atoms with van der Waals surface area (Å²) < 4.78 is 0. The molecular formula is C18H18N4O4. The van der Waals surface area contributed by atoms with Gasteiger partial charge in [0.05, 0.1) is 4.92 Å². The first-order valence-electron chi connectivity index (χ1n) is 8.28. The maximum absolute atomic E-state index is 12.3. The second-order valence-corrected chi connectivity index (χ2v) is 6.11. The number of benzene rings is 1. The fourth-order valence-corrected chi connectivity index (χ4v) is 2.91. The molecule has 134 valence electrons. The molecular weight excluding hydrogens is 336 g/mol. The van der Waals surface area contributed by atoms with Crippen LogP contribution in [0.2, 0.25) is 0 Å². The molecule has 0 aliphatic carbocycles. The van der Waals surface area contributed by atoms with Crippen LogP contribution >= 0.6 is 0 Å². The van der Waals surface area contributed by atoms with Crippen molar-refractivity contribution in [3.63, 3.8) is 0 Å². The van der Waals surface area contributed by atoms with E-state index < -0.39 is 4.92 Å². The molecule has 8 nitrogen and oxygen atoms in total. The van der Waals surface area contributed by atoms with E-state index in [4.69, 9.17) is 0 Å². The Balaban J connectivity index is 1.53. The van der Waals surface area contributed by atoms with Crippen molar-refractivity contribution in [1.82, 2.24) is 10.3 Å². The van der Waals surface area contributed by atoms with Gasteiger partial charge in [-0.2, -0.15) is 0 Å². The molecule has 0 spiro atoms. The van der Waals surface area contributed by atoms with Gasteiger partial charge in [-0.1, -0.05) is 12.1 Å². The predicted molar refractivity (Wildman–Crippen MR) is 95.4 cm³/mol. The highest BCUT2D eigenvalue weighted by Crippen LogP contribution is 2.20. The number of piperidine rings is 1. The molecule has 1 fully saturated rings. The van der Waals surface area contributed by atoms with Gasteiger partial charge in [-0.15, -0.1) is 0 Å². The molecule has 2 heterocycles. The molecule has 0 radical (unpaired) electrons. The lowest BCUT2D eigenvalue weighted by Crippen LogP contribution is -2.44. The molecule has 1 N–H and O–H groups in total. The first-order valence-corrected chi connectivity index (χ1v) is 8.28. The van der Waals surface area contributed by atoms with Crippen molar-refractivity contribution >= 4 is 23.7 Å². The van der Waals surface area contributed by atoms with Crippen LogP contribution in [-0.4, -0.2) is 41.2 Å². The molecule has 0 bridgehead atoms. The Morgan fingerprint density at radius 1 is 1.19 bits per heavy atom. The van der Waals surface area contributed by atoms with E-state index >= 15 is 0 Å². The van der Waals surface area contributed by atoms with Crippen molar-refractivity contribution in [2.75, 3.05) is 18.0 Å². The van der Waals surface area contributed by atoms with Gasteiger partial charge in [-0.3, -0.25) is 19.7 Å². The zero-order valence-corrected chi connectivity index (χ0v) is 14.0. The number of nitrogens with zero attached hydrogens (tertiary/aromatic N) is 3. The maximum Gasteiger partial charge on any atom is 0.287 e. The Hall–Kier alpha value is -3.29. The Kier molecular flexibility index (Phi) is 5.21. The van der Waals surface area contributed by atoms with Crippen molar-refractivity contribution in [1.29, 1.82) is 0 Å². The smallest absolute Gasteiger partial charge is 0.287 e. The quantitative estimate of drug-likeness (QED) is 0.501. The molecule has 0 atom stereocenters. The van der Waals surface area contributed by atoms with Crippen molar-refractivity contribution < 1.29 is 14.5 Å². The molecule has 1 saturated heterocycles. The first-order chi connectivity index (χ1) is 12.6. The standard InChI is InChI=1S/C18H18N4O4/c23-12-13-1-3-14(4-2-13)18(24)20-15-7-9-21(10-8-15)17-6-5-16(11-19-17)22(25)26/h1-6,11-12,15H,7-10H2,(H,20,24). The number of nitrogens with one attached hydrogen (secondary N) is 1. The largest absolute Gasteiger partial charge is 0.356 e. The molecule has 0 saturated carbocycles. The van der Waals surface area contributed by atoms with Gasteiger partial charge in [0.15, 0.2) is 0 Å². The molecule has 1 amide bonds. The Morgan fingerprint density at radius 3 is 2.42 bits per heavy atom. The summed E-state index contributed by atoms with van der Waals surface area (Å²) in [7, 11) is 0. The summed E-state index contributed by atoms with van der Waals surface area (Å²) in [6.07, 6.45) is 3.52. The number of carbonyl (C=O) groups is 2. The van der Waals surface area contributed by atoms with Crippen LogP contribution in [0, 0.1) is 10.1 Å².